The Morgan fingerprint density at radius 2 is 2.38 bits per heavy atom. The lowest BCUT2D eigenvalue weighted by molar-refractivity contribution is -0.132. The normalized spacial score (nSPS) is 25.1. The van der Waals surface area contributed by atoms with Gasteiger partial charge < -0.3 is 5.11 Å². The average molecular weight is 183 g/mol. The van der Waals surface area contributed by atoms with Gasteiger partial charge >= 0.3 is 5.97 Å². The summed E-state index contributed by atoms with van der Waals surface area (Å²) in [5.41, 5.74) is 0.541. The Morgan fingerprint density at radius 1 is 1.69 bits per heavy atom. The molecule has 0 aliphatic carbocycles. The molecule has 1 aliphatic heterocycles. The number of hydrogen-bond acceptors (Lipinski definition) is 2. The molecule has 1 rings (SSSR count). The molecule has 3 nitrogen and oxygen atoms in total. The first-order chi connectivity index (χ1) is 6.15. The Morgan fingerprint density at radius 3 is 2.77 bits per heavy atom. The van der Waals surface area contributed by atoms with Crippen LogP contribution in [0.25, 0.3) is 0 Å². The fraction of sp³-hybridized carbons (Fsp3) is 0.700. The SMILES string of the molecule is CC/C(=C\[C@@H]1CCCN1C)C(=O)O. The molecule has 0 unspecified atom stereocenters. The second-order valence-corrected chi connectivity index (χ2v) is 3.54. The smallest absolute Gasteiger partial charge is 0.331 e. The van der Waals surface area contributed by atoms with Crippen LogP contribution >= 0.6 is 0 Å². The number of likely N-dealkylation sites (tertiary alicyclic amines) is 1. The molecule has 3 heteroatoms. The summed E-state index contributed by atoms with van der Waals surface area (Å²) in [6.07, 6.45) is 4.77. The molecule has 0 spiro atoms. The summed E-state index contributed by atoms with van der Waals surface area (Å²) < 4.78 is 0. The van der Waals surface area contributed by atoms with E-state index in [0.29, 0.717) is 18.0 Å². The third kappa shape index (κ3) is 2.56. The van der Waals surface area contributed by atoms with Crippen LogP contribution in [-0.4, -0.2) is 35.6 Å². The minimum absolute atomic E-state index is 0.339. The molecular weight excluding hydrogens is 166 g/mol. The van der Waals surface area contributed by atoms with Crippen LogP contribution < -0.4 is 0 Å². The molecule has 0 aromatic rings. The molecule has 0 bridgehead atoms. The number of likely N-dealkylation sites (N-methyl/N-ethyl adjacent to an activating group) is 1. The topological polar surface area (TPSA) is 40.5 Å². The van der Waals surface area contributed by atoms with Gasteiger partial charge in [-0.25, -0.2) is 4.79 Å². The lowest BCUT2D eigenvalue weighted by atomic mass is 10.1. The van der Waals surface area contributed by atoms with Crippen molar-refractivity contribution >= 4 is 5.97 Å². The fourth-order valence-electron chi connectivity index (χ4n) is 1.72. The van der Waals surface area contributed by atoms with Crippen LogP contribution in [0.5, 0.6) is 0 Å². The molecule has 1 aliphatic rings. The van der Waals surface area contributed by atoms with Gasteiger partial charge in [-0.15, -0.1) is 0 Å². The van der Waals surface area contributed by atoms with Crippen LogP contribution in [0.2, 0.25) is 0 Å². The van der Waals surface area contributed by atoms with Gasteiger partial charge in [-0.3, -0.25) is 4.90 Å². The Kier molecular flexibility index (Phi) is 3.48. The van der Waals surface area contributed by atoms with Gasteiger partial charge in [0.25, 0.3) is 0 Å². The van der Waals surface area contributed by atoms with E-state index in [1.54, 1.807) is 0 Å². The minimum Gasteiger partial charge on any atom is -0.478 e. The summed E-state index contributed by atoms with van der Waals surface area (Å²) in [5, 5.41) is 8.83. The first kappa shape index (κ1) is 10.3. The molecular formula is C10H17NO2. The number of nitrogens with zero attached hydrogens (tertiary/aromatic N) is 1. The molecule has 1 N–H and O–H groups in total. The molecule has 0 radical (unpaired) electrons. The molecule has 1 fully saturated rings. The number of carbonyl (C=O) groups is 1. The van der Waals surface area contributed by atoms with E-state index in [1.165, 1.54) is 6.42 Å². The van der Waals surface area contributed by atoms with E-state index in [0.717, 1.165) is 13.0 Å². The van der Waals surface area contributed by atoms with E-state index in [2.05, 4.69) is 4.90 Å². The summed E-state index contributed by atoms with van der Waals surface area (Å²) in [4.78, 5) is 12.9. The second kappa shape index (κ2) is 4.42. The van der Waals surface area contributed by atoms with Crippen molar-refractivity contribution < 1.29 is 9.90 Å². The number of aliphatic carboxylic acids is 1. The molecule has 0 saturated carbocycles. The lowest BCUT2D eigenvalue weighted by Gasteiger charge is -2.15. The van der Waals surface area contributed by atoms with Crippen molar-refractivity contribution in [2.75, 3.05) is 13.6 Å². The van der Waals surface area contributed by atoms with Gasteiger partial charge in [-0.2, -0.15) is 0 Å². The Balaban J connectivity index is 2.66. The van der Waals surface area contributed by atoms with E-state index >= 15 is 0 Å². The van der Waals surface area contributed by atoms with Crippen LogP contribution in [-0.2, 0) is 4.79 Å². The van der Waals surface area contributed by atoms with E-state index in [1.807, 2.05) is 20.0 Å². The molecule has 74 valence electrons. The van der Waals surface area contributed by atoms with Crippen LogP contribution in [0.15, 0.2) is 11.6 Å². The lowest BCUT2D eigenvalue weighted by Crippen LogP contribution is -2.23. The molecule has 1 atom stereocenters. The first-order valence-corrected chi connectivity index (χ1v) is 4.79. The van der Waals surface area contributed by atoms with Crippen LogP contribution in [0.1, 0.15) is 26.2 Å². The molecule has 0 aromatic heterocycles. The van der Waals surface area contributed by atoms with Crippen molar-refractivity contribution in [1.29, 1.82) is 0 Å². The highest BCUT2D eigenvalue weighted by Crippen LogP contribution is 2.18. The zero-order valence-corrected chi connectivity index (χ0v) is 8.29. The molecule has 0 amide bonds. The Labute approximate surface area is 79.0 Å². The van der Waals surface area contributed by atoms with Gasteiger partial charge in [-0.05, 0) is 32.9 Å². The van der Waals surface area contributed by atoms with Crippen molar-refractivity contribution in [3.05, 3.63) is 11.6 Å². The predicted molar refractivity (Wildman–Crippen MR) is 51.7 cm³/mol. The van der Waals surface area contributed by atoms with Crippen molar-refractivity contribution in [1.82, 2.24) is 4.90 Å². The zero-order chi connectivity index (χ0) is 9.84. The third-order valence-corrected chi connectivity index (χ3v) is 2.63. The highest BCUT2D eigenvalue weighted by atomic mass is 16.4. The molecule has 0 aromatic carbocycles. The summed E-state index contributed by atoms with van der Waals surface area (Å²) >= 11 is 0. The van der Waals surface area contributed by atoms with Gasteiger partial charge in [0.2, 0.25) is 0 Å². The predicted octanol–water partition coefficient (Wildman–Crippen LogP) is 1.50. The minimum atomic E-state index is -0.775. The number of hydrogen-bond donors (Lipinski definition) is 1. The highest BCUT2D eigenvalue weighted by molar-refractivity contribution is 5.86. The second-order valence-electron chi connectivity index (χ2n) is 3.54. The Hall–Kier alpha value is -0.830. The third-order valence-electron chi connectivity index (χ3n) is 2.63. The monoisotopic (exact) mass is 183 g/mol. The van der Waals surface area contributed by atoms with Crippen molar-refractivity contribution in [3.8, 4) is 0 Å². The standard InChI is InChI=1S/C10H17NO2/c1-3-8(10(12)13)7-9-5-4-6-11(9)2/h7,9H,3-6H2,1-2H3,(H,12,13)/b8-7+/t9-/m0/s1. The van der Waals surface area contributed by atoms with Crippen molar-refractivity contribution in [2.24, 2.45) is 0 Å². The van der Waals surface area contributed by atoms with Crippen LogP contribution in [0.3, 0.4) is 0 Å². The van der Waals surface area contributed by atoms with Gasteiger partial charge in [0.15, 0.2) is 0 Å². The first-order valence-electron chi connectivity index (χ1n) is 4.79. The molecule has 1 saturated heterocycles. The summed E-state index contributed by atoms with van der Waals surface area (Å²) in [7, 11) is 2.04. The number of carboxylic acid groups (broad SMARTS) is 1. The van der Waals surface area contributed by atoms with Crippen molar-refractivity contribution in [2.45, 2.75) is 32.2 Å². The fourth-order valence-corrected chi connectivity index (χ4v) is 1.72. The summed E-state index contributed by atoms with van der Waals surface area (Å²) in [6, 6.07) is 0.339. The van der Waals surface area contributed by atoms with Crippen LogP contribution in [0.4, 0.5) is 0 Å². The average Bonchev–Trinajstić information content (AvgIpc) is 2.46. The van der Waals surface area contributed by atoms with E-state index < -0.39 is 5.97 Å². The maximum atomic E-state index is 10.7. The van der Waals surface area contributed by atoms with E-state index in [-0.39, 0.29) is 0 Å². The van der Waals surface area contributed by atoms with Gasteiger partial charge in [-0.1, -0.05) is 13.0 Å². The maximum Gasteiger partial charge on any atom is 0.331 e. The zero-order valence-electron chi connectivity index (χ0n) is 8.29. The van der Waals surface area contributed by atoms with Gasteiger partial charge in [0.05, 0.1) is 0 Å². The largest absolute Gasteiger partial charge is 0.478 e. The maximum absolute atomic E-state index is 10.7. The van der Waals surface area contributed by atoms with E-state index in [9.17, 15) is 4.79 Å². The molecule has 13 heavy (non-hydrogen) atoms. The summed E-state index contributed by atoms with van der Waals surface area (Å²) in [5.74, 6) is -0.775. The van der Waals surface area contributed by atoms with Gasteiger partial charge in [0, 0.05) is 11.6 Å². The van der Waals surface area contributed by atoms with Crippen molar-refractivity contribution in [3.63, 3.8) is 0 Å². The van der Waals surface area contributed by atoms with E-state index in [4.69, 9.17) is 5.11 Å². The number of rotatable bonds is 3. The number of carboxylic acids is 1. The Bertz CT molecular complexity index is 223. The quantitative estimate of drug-likeness (QED) is 0.674. The highest BCUT2D eigenvalue weighted by Gasteiger charge is 2.20. The van der Waals surface area contributed by atoms with Crippen LogP contribution in [0, 0.1) is 0 Å². The summed E-state index contributed by atoms with van der Waals surface area (Å²) in [6.45, 7) is 2.96. The molecule has 1 heterocycles. The van der Waals surface area contributed by atoms with Gasteiger partial charge in [0.1, 0.15) is 0 Å².